The zero-order valence-electron chi connectivity index (χ0n) is 14.1. The van der Waals surface area contributed by atoms with Gasteiger partial charge >= 0.3 is 0 Å². The Hall–Kier alpha value is -2.35. The predicted molar refractivity (Wildman–Crippen MR) is 88.1 cm³/mol. The van der Waals surface area contributed by atoms with Gasteiger partial charge in [-0.3, -0.25) is 4.79 Å². The van der Waals surface area contributed by atoms with Gasteiger partial charge in [0.1, 0.15) is 17.7 Å². The monoisotopic (exact) mass is 347 g/mol. The highest BCUT2D eigenvalue weighted by atomic mass is 19.1. The molecular formula is C17H22FN5O2. The Balaban J connectivity index is 1.80. The van der Waals surface area contributed by atoms with E-state index in [9.17, 15) is 14.3 Å². The number of tetrazole rings is 1. The fraction of sp³-hybridized carbons (Fsp3) is 0.529. The number of aryl methyl sites for hydroxylation is 1. The van der Waals surface area contributed by atoms with Crippen LogP contribution in [0.25, 0.3) is 0 Å². The first-order valence-corrected chi connectivity index (χ1v) is 8.48. The molecule has 2 unspecified atom stereocenters. The van der Waals surface area contributed by atoms with Crippen molar-refractivity contribution in [2.45, 2.75) is 44.7 Å². The van der Waals surface area contributed by atoms with Crippen molar-refractivity contribution in [1.29, 1.82) is 0 Å². The van der Waals surface area contributed by atoms with E-state index in [0.717, 1.165) is 12.8 Å². The molecule has 134 valence electrons. The van der Waals surface area contributed by atoms with Crippen molar-refractivity contribution in [3.05, 3.63) is 41.5 Å². The number of amides is 1. The van der Waals surface area contributed by atoms with E-state index in [1.165, 1.54) is 16.8 Å². The van der Waals surface area contributed by atoms with Crippen molar-refractivity contribution < 1.29 is 14.3 Å². The standard InChI is InChI=1S/C17H22FN5O2/c1-11-20-21-22-23(11)16(10-12-3-2-4-14(18)9-12)17(25)19-15(7-8-24)13-5-6-13/h2-4,9,13,15-16,24H,5-8,10H2,1H3,(H,19,25). The molecule has 1 heterocycles. The van der Waals surface area contributed by atoms with Gasteiger partial charge in [-0.2, -0.15) is 0 Å². The van der Waals surface area contributed by atoms with Gasteiger partial charge in [0.25, 0.3) is 0 Å². The van der Waals surface area contributed by atoms with E-state index >= 15 is 0 Å². The molecule has 1 aliphatic carbocycles. The van der Waals surface area contributed by atoms with Gasteiger partial charge in [-0.05, 0) is 60.2 Å². The lowest BCUT2D eigenvalue weighted by Crippen LogP contribution is -2.42. The molecule has 25 heavy (non-hydrogen) atoms. The van der Waals surface area contributed by atoms with E-state index in [2.05, 4.69) is 20.8 Å². The molecule has 1 aliphatic rings. The first-order chi connectivity index (χ1) is 12.1. The summed E-state index contributed by atoms with van der Waals surface area (Å²) in [5.41, 5.74) is 0.695. The zero-order valence-corrected chi connectivity index (χ0v) is 14.1. The number of carbonyl (C=O) groups is 1. The summed E-state index contributed by atoms with van der Waals surface area (Å²) in [6.45, 7) is 1.75. The van der Waals surface area contributed by atoms with Gasteiger partial charge in [0, 0.05) is 19.1 Å². The predicted octanol–water partition coefficient (Wildman–Crippen LogP) is 1.18. The van der Waals surface area contributed by atoms with Gasteiger partial charge < -0.3 is 10.4 Å². The highest BCUT2D eigenvalue weighted by molar-refractivity contribution is 5.81. The summed E-state index contributed by atoms with van der Waals surface area (Å²) in [4.78, 5) is 12.9. The maximum atomic E-state index is 13.5. The molecule has 1 amide bonds. The SMILES string of the molecule is Cc1nnnn1C(Cc1cccc(F)c1)C(=O)NC(CCO)C1CC1. The molecule has 1 aromatic carbocycles. The molecular weight excluding hydrogens is 325 g/mol. The third kappa shape index (κ3) is 4.39. The van der Waals surface area contributed by atoms with Crippen LogP contribution in [-0.4, -0.2) is 43.9 Å². The largest absolute Gasteiger partial charge is 0.396 e. The van der Waals surface area contributed by atoms with E-state index in [0.29, 0.717) is 23.7 Å². The summed E-state index contributed by atoms with van der Waals surface area (Å²) in [5, 5.41) is 23.6. The number of hydrogen-bond acceptors (Lipinski definition) is 5. The molecule has 2 aromatic rings. The quantitative estimate of drug-likeness (QED) is 0.748. The van der Waals surface area contributed by atoms with Crippen LogP contribution >= 0.6 is 0 Å². The summed E-state index contributed by atoms with van der Waals surface area (Å²) in [6.07, 6.45) is 2.93. The minimum absolute atomic E-state index is 0.0277. The lowest BCUT2D eigenvalue weighted by molar-refractivity contribution is -0.125. The highest BCUT2D eigenvalue weighted by Crippen LogP contribution is 2.34. The first-order valence-electron chi connectivity index (χ1n) is 8.48. The van der Waals surface area contributed by atoms with Gasteiger partial charge in [-0.1, -0.05) is 12.1 Å². The van der Waals surface area contributed by atoms with Gasteiger partial charge in [0.15, 0.2) is 0 Å². The Morgan fingerprint density at radius 3 is 2.88 bits per heavy atom. The van der Waals surface area contributed by atoms with E-state index in [4.69, 9.17) is 0 Å². The van der Waals surface area contributed by atoms with Gasteiger partial charge in [0.2, 0.25) is 5.91 Å². The minimum Gasteiger partial charge on any atom is -0.396 e. The van der Waals surface area contributed by atoms with Crippen molar-refractivity contribution in [2.24, 2.45) is 5.92 Å². The second kappa shape index (κ2) is 7.69. The van der Waals surface area contributed by atoms with Gasteiger partial charge in [-0.25, -0.2) is 9.07 Å². The average Bonchev–Trinajstić information content (AvgIpc) is 3.34. The van der Waals surface area contributed by atoms with Crippen LogP contribution < -0.4 is 5.32 Å². The lowest BCUT2D eigenvalue weighted by atomic mass is 10.0. The van der Waals surface area contributed by atoms with Crippen LogP contribution in [0.15, 0.2) is 24.3 Å². The summed E-state index contributed by atoms with van der Waals surface area (Å²) < 4.78 is 15.0. The second-order valence-corrected chi connectivity index (χ2v) is 6.49. The molecule has 0 saturated heterocycles. The fourth-order valence-electron chi connectivity index (χ4n) is 3.05. The molecule has 8 heteroatoms. The zero-order chi connectivity index (χ0) is 17.8. The smallest absolute Gasteiger partial charge is 0.245 e. The Morgan fingerprint density at radius 1 is 1.48 bits per heavy atom. The van der Waals surface area contributed by atoms with Crippen LogP contribution in [0.5, 0.6) is 0 Å². The van der Waals surface area contributed by atoms with Crippen LogP contribution in [0, 0.1) is 18.7 Å². The normalized spacial score (nSPS) is 16.4. The summed E-state index contributed by atoms with van der Waals surface area (Å²) in [6, 6.07) is 5.44. The van der Waals surface area contributed by atoms with E-state index < -0.39 is 6.04 Å². The molecule has 1 fully saturated rings. The van der Waals surface area contributed by atoms with Crippen LogP contribution in [0.2, 0.25) is 0 Å². The van der Waals surface area contributed by atoms with E-state index in [1.807, 2.05) is 0 Å². The third-order valence-electron chi connectivity index (χ3n) is 4.53. The Labute approximate surface area is 145 Å². The van der Waals surface area contributed by atoms with E-state index in [1.54, 1.807) is 19.1 Å². The van der Waals surface area contributed by atoms with Crippen LogP contribution in [0.1, 0.15) is 36.7 Å². The molecule has 0 spiro atoms. The Morgan fingerprint density at radius 2 is 2.28 bits per heavy atom. The highest BCUT2D eigenvalue weighted by Gasteiger charge is 2.34. The molecule has 0 aliphatic heterocycles. The second-order valence-electron chi connectivity index (χ2n) is 6.49. The van der Waals surface area contributed by atoms with Gasteiger partial charge in [0.05, 0.1) is 0 Å². The van der Waals surface area contributed by atoms with Crippen LogP contribution in [0.3, 0.4) is 0 Å². The molecule has 1 saturated carbocycles. The van der Waals surface area contributed by atoms with Crippen molar-refractivity contribution in [2.75, 3.05) is 6.61 Å². The number of aliphatic hydroxyl groups excluding tert-OH is 1. The number of rotatable bonds is 8. The summed E-state index contributed by atoms with van der Waals surface area (Å²) in [5.74, 6) is 0.369. The molecule has 0 bridgehead atoms. The number of aliphatic hydroxyl groups is 1. The molecule has 3 rings (SSSR count). The van der Waals surface area contributed by atoms with Crippen LogP contribution in [-0.2, 0) is 11.2 Å². The number of halogens is 1. The number of benzene rings is 1. The number of carbonyl (C=O) groups excluding carboxylic acids is 1. The third-order valence-corrected chi connectivity index (χ3v) is 4.53. The van der Waals surface area contributed by atoms with Crippen LogP contribution in [0.4, 0.5) is 4.39 Å². The summed E-state index contributed by atoms with van der Waals surface area (Å²) in [7, 11) is 0. The number of nitrogens with zero attached hydrogens (tertiary/aromatic N) is 4. The van der Waals surface area contributed by atoms with Crippen molar-refractivity contribution in [3.8, 4) is 0 Å². The number of aromatic nitrogens is 4. The maximum absolute atomic E-state index is 13.5. The topological polar surface area (TPSA) is 92.9 Å². The number of nitrogens with one attached hydrogen (secondary N) is 1. The minimum atomic E-state index is -0.670. The number of hydrogen-bond donors (Lipinski definition) is 2. The molecule has 2 atom stereocenters. The maximum Gasteiger partial charge on any atom is 0.245 e. The first kappa shape index (κ1) is 17.5. The Kier molecular flexibility index (Phi) is 5.37. The summed E-state index contributed by atoms with van der Waals surface area (Å²) >= 11 is 0. The molecule has 7 nitrogen and oxygen atoms in total. The molecule has 2 N–H and O–H groups in total. The molecule has 1 aromatic heterocycles. The molecule has 0 radical (unpaired) electrons. The van der Waals surface area contributed by atoms with Gasteiger partial charge in [-0.15, -0.1) is 5.10 Å². The average molecular weight is 347 g/mol. The van der Waals surface area contributed by atoms with Crippen molar-refractivity contribution in [1.82, 2.24) is 25.5 Å². The van der Waals surface area contributed by atoms with Crippen molar-refractivity contribution in [3.63, 3.8) is 0 Å². The Bertz CT molecular complexity index is 731. The van der Waals surface area contributed by atoms with Crippen molar-refractivity contribution >= 4 is 5.91 Å². The lowest BCUT2D eigenvalue weighted by Gasteiger charge is -2.22. The van der Waals surface area contributed by atoms with E-state index in [-0.39, 0.29) is 30.8 Å². The fourth-order valence-corrected chi connectivity index (χ4v) is 3.05.